The first-order valence-electron chi connectivity index (χ1n) is 37.7. The predicted octanol–water partition coefficient (Wildman–Crippen LogP) is 22.4. The molecule has 0 amide bonds. The molecule has 0 saturated carbocycles. The normalized spacial score (nSPS) is 12.1. The molecule has 11 nitrogen and oxygen atoms in total. The molecule has 0 aliphatic carbocycles. The minimum atomic E-state index is 0.0520. The standard InChI is InChI=1S/C100H64BN11/c1-8-27-68(28-9-1)84-64-85(103-94(102-84)69-29-10-2-11-30-69)74-53-58-86(79(61-74)67-49-47-65(48-50-67)66-51-56-78(57-52-66)111-90-44-25-23-42-83(90)101-82-41-22-24-43-89(82)110(77-39-20-7-21-40-77)91-45-26-46-92(111)93(91)101)112-87-59-54-75(99-106-95(70-31-12-3-13-32-70)104-96(107-99)71-33-14-4-15-34-71)62-80(87)81-63-76(55-60-88(81)112)100-108-97(72-35-16-5-17-36-72)105-98(109-100)73-37-18-6-19-38-73/h1-64H. The van der Waals surface area contributed by atoms with Crippen LogP contribution in [-0.2, 0) is 0 Å². The SMILES string of the molecule is c1ccc(-c2cc(-c3ccc(-n4c5ccc(-c6nc(-c7ccccc7)nc(-c7ccccc7)n6)cc5c5cc(-c6nc(-c7ccccc7)nc(-c7ccccc7)n6)ccc54)c(-c4ccc(-c5ccc(N6c7ccccc7B7c8ccccc8N(c8ccccc8)c8cccc6c87)cc5)cc4)c3)nc(-c3ccccc3)n2)cc1. The monoisotopic (exact) mass is 1430 g/mol. The fourth-order valence-corrected chi connectivity index (χ4v) is 16.2. The Morgan fingerprint density at radius 1 is 0.196 bits per heavy atom. The van der Waals surface area contributed by atoms with Crippen LogP contribution >= 0.6 is 0 Å². The van der Waals surface area contributed by atoms with Crippen LogP contribution in [0.25, 0.3) is 152 Å². The van der Waals surface area contributed by atoms with Gasteiger partial charge in [0.15, 0.2) is 40.8 Å². The molecule has 0 atom stereocenters. The third-order valence-electron chi connectivity index (χ3n) is 21.5. The maximum absolute atomic E-state index is 5.41. The highest BCUT2D eigenvalue weighted by atomic mass is 15.2. The molecule has 2 aliphatic rings. The molecule has 21 rings (SSSR count). The Morgan fingerprint density at radius 3 is 0.955 bits per heavy atom. The van der Waals surface area contributed by atoms with E-state index in [1.54, 1.807) is 0 Å². The molecule has 0 saturated heterocycles. The quantitative estimate of drug-likeness (QED) is 0.0975. The number of rotatable bonds is 14. The van der Waals surface area contributed by atoms with E-state index in [1.807, 2.05) is 146 Å². The summed E-state index contributed by atoms with van der Waals surface area (Å²) in [5, 5.41) is 1.95. The van der Waals surface area contributed by atoms with Gasteiger partial charge in [-0.1, -0.05) is 285 Å². The van der Waals surface area contributed by atoms with E-state index in [1.165, 1.54) is 39.1 Å². The Balaban J connectivity index is 0.736. The average molecular weight is 1430 g/mol. The van der Waals surface area contributed by atoms with E-state index >= 15 is 0 Å². The van der Waals surface area contributed by atoms with E-state index in [4.69, 9.17) is 39.9 Å². The fourth-order valence-electron chi connectivity index (χ4n) is 16.2. The van der Waals surface area contributed by atoms with Crippen molar-refractivity contribution >= 4 is 79.0 Å². The third-order valence-corrected chi connectivity index (χ3v) is 21.5. The molecular weight excluding hydrogens is 1370 g/mol. The van der Waals surface area contributed by atoms with Crippen LogP contribution in [0.2, 0.25) is 0 Å². The molecule has 0 spiro atoms. The highest BCUT2D eigenvalue weighted by molar-refractivity contribution is 7.00. The number of anilines is 6. The number of hydrogen-bond acceptors (Lipinski definition) is 10. The van der Waals surface area contributed by atoms with Crippen LogP contribution in [0.4, 0.5) is 34.1 Å². The van der Waals surface area contributed by atoms with Crippen molar-refractivity contribution in [2.45, 2.75) is 0 Å². The largest absolute Gasteiger partial charge is 0.311 e. The number of aromatic nitrogens is 9. The fraction of sp³-hybridized carbons (Fsp3) is 0. The third kappa shape index (κ3) is 11.6. The van der Waals surface area contributed by atoms with Gasteiger partial charge in [0.2, 0.25) is 0 Å². The predicted molar refractivity (Wildman–Crippen MR) is 457 cm³/mol. The van der Waals surface area contributed by atoms with Crippen LogP contribution in [0.1, 0.15) is 0 Å². The maximum atomic E-state index is 5.41. The zero-order valence-electron chi connectivity index (χ0n) is 60.4. The van der Waals surface area contributed by atoms with Crippen LogP contribution in [0, 0.1) is 0 Å². The minimum Gasteiger partial charge on any atom is -0.311 e. The Bertz CT molecular complexity index is 6440. The van der Waals surface area contributed by atoms with E-state index in [0.29, 0.717) is 40.8 Å². The number of hydrogen-bond donors (Lipinski definition) is 0. The first-order valence-corrected chi connectivity index (χ1v) is 37.7. The molecule has 0 fully saturated rings. The average Bonchev–Trinajstić information content (AvgIpc) is 1.59. The Labute approximate surface area is 647 Å². The van der Waals surface area contributed by atoms with Gasteiger partial charge < -0.3 is 14.4 Å². The number of nitrogens with zero attached hydrogens (tertiary/aromatic N) is 11. The van der Waals surface area contributed by atoms with E-state index in [2.05, 4.69) is 257 Å². The van der Waals surface area contributed by atoms with Crippen molar-refractivity contribution in [3.8, 4) is 130 Å². The molecule has 522 valence electrons. The summed E-state index contributed by atoms with van der Waals surface area (Å²) < 4.78 is 2.40. The van der Waals surface area contributed by atoms with Crippen molar-refractivity contribution in [3.63, 3.8) is 0 Å². The van der Waals surface area contributed by atoms with E-state index in [0.717, 1.165) is 123 Å². The van der Waals surface area contributed by atoms with Crippen molar-refractivity contribution in [1.29, 1.82) is 0 Å². The zero-order chi connectivity index (χ0) is 74.0. The summed E-state index contributed by atoms with van der Waals surface area (Å²) in [6.07, 6.45) is 0. The summed E-state index contributed by atoms with van der Waals surface area (Å²) in [5.41, 5.74) is 27.5. The van der Waals surface area contributed by atoms with Gasteiger partial charge in [-0.15, -0.1) is 0 Å². The van der Waals surface area contributed by atoms with Crippen molar-refractivity contribution < 1.29 is 0 Å². The minimum absolute atomic E-state index is 0.0520. The van der Waals surface area contributed by atoms with Gasteiger partial charge in [-0.25, -0.2) is 39.9 Å². The van der Waals surface area contributed by atoms with Gasteiger partial charge in [0.25, 0.3) is 6.71 Å². The topological polar surface area (TPSA) is 115 Å². The lowest BCUT2D eigenvalue weighted by Gasteiger charge is -2.44. The number of para-hydroxylation sites is 3. The summed E-state index contributed by atoms with van der Waals surface area (Å²) in [4.78, 5) is 46.8. The number of benzene rings is 15. The Morgan fingerprint density at radius 2 is 0.518 bits per heavy atom. The van der Waals surface area contributed by atoms with E-state index in [9.17, 15) is 0 Å². The molecule has 112 heavy (non-hydrogen) atoms. The molecule has 19 aromatic rings. The van der Waals surface area contributed by atoms with Crippen molar-refractivity contribution in [2.24, 2.45) is 0 Å². The molecule has 0 unspecified atom stereocenters. The molecule has 0 radical (unpaired) electrons. The number of fused-ring (bicyclic) bond motifs is 7. The lowest BCUT2D eigenvalue weighted by Crippen LogP contribution is -2.61. The zero-order valence-corrected chi connectivity index (χ0v) is 60.4. The van der Waals surface area contributed by atoms with Crippen molar-refractivity contribution in [1.82, 2.24) is 44.4 Å². The van der Waals surface area contributed by atoms with Gasteiger partial charge in [-0.3, -0.25) is 0 Å². The Kier molecular flexibility index (Phi) is 16.1. The summed E-state index contributed by atoms with van der Waals surface area (Å²) in [6, 6.07) is 137. The molecule has 4 aromatic heterocycles. The summed E-state index contributed by atoms with van der Waals surface area (Å²) >= 11 is 0. The van der Waals surface area contributed by atoms with Gasteiger partial charge in [0, 0.05) is 101 Å². The van der Waals surface area contributed by atoms with Crippen LogP contribution in [-0.4, -0.2) is 51.2 Å². The first kappa shape index (κ1) is 65.2. The van der Waals surface area contributed by atoms with E-state index < -0.39 is 0 Å². The first-order chi connectivity index (χ1) is 55.5. The van der Waals surface area contributed by atoms with Crippen molar-refractivity contribution in [2.75, 3.05) is 9.80 Å². The van der Waals surface area contributed by atoms with Gasteiger partial charge in [0.05, 0.1) is 28.1 Å². The highest BCUT2D eigenvalue weighted by Gasteiger charge is 2.43. The van der Waals surface area contributed by atoms with Crippen molar-refractivity contribution in [3.05, 3.63) is 388 Å². The lowest BCUT2D eigenvalue weighted by atomic mass is 9.33. The molecule has 0 N–H and O–H groups in total. The molecule has 6 heterocycles. The smallest absolute Gasteiger partial charge is 0.252 e. The highest BCUT2D eigenvalue weighted by Crippen LogP contribution is 2.46. The lowest BCUT2D eigenvalue weighted by molar-refractivity contribution is 1.07. The van der Waals surface area contributed by atoms with Gasteiger partial charge >= 0.3 is 0 Å². The second kappa shape index (κ2) is 27.6. The summed E-state index contributed by atoms with van der Waals surface area (Å²) in [6.45, 7) is 0.0520. The second-order valence-electron chi connectivity index (χ2n) is 28.2. The molecule has 2 aliphatic heterocycles. The van der Waals surface area contributed by atoms with Crippen LogP contribution in [0.15, 0.2) is 388 Å². The molecule has 15 aromatic carbocycles. The Hall–Kier alpha value is -15.1. The van der Waals surface area contributed by atoms with Gasteiger partial charge in [-0.2, -0.15) is 0 Å². The van der Waals surface area contributed by atoms with Crippen LogP contribution < -0.4 is 26.2 Å². The van der Waals surface area contributed by atoms with Crippen LogP contribution in [0.5, 0.6) is 0 Å². The van der Waals surface area contributed by atoms with Crippen LogP contribution in [0.3, 0.4) is 0 Å². The molecule has 12 heteroatoms. The molecular formula is C100H64BN11. The summed E-state index contributed by atoms with van der Waals surface area (Å²) in [7, 11) is 0. The molecule has 0 bridgehead atoms. The maximum Gasteiger partial charge on any atom is 0.252 e. The van der Waals surface area contributed by atoms with E-state index in [-0.39, 0.29) is 6.71 Å². The van der Waals surface area contributed by atoms with Gasteiger partial charge in [0.1, 0.15) is 0 Å². The second-order valence-corrected chi connectivity index (χ2v) is 28.2. The summed E-state index contributed by atoms with van der Waals surface area (Å²) in [5.74, 6) is 4.05. The van der Waals surface area contributed by atoms with Gasteiger partial charge in [-0.05, 0) is 136 Å².